The molecular formula is C28H36F2O. The second kappa shape index (κ2) is 10.6. The summed E-state index contributed by atoms with van der Waals surface area (Å²) < 4.78 is 33.2. The van der Waals surface area contributed by atoms with Gasteiger partial charge in [0.1, 0.15) is 24.0 Å². The molecule has 4 rings (SSSR count). The van der Waals surface area contributed by atoms with Crippen LogP contribution < -0.4 is 4.74 Å². The minimum absolute atomic E-state index is 0.233. The SMILES string of the molecule is CCCC1CCC(C2CCC(c3cc(F)cc(OCc4ccc(F)cc4)c3)CC2)CC1. The molecule has 0 saturated heterocycles. The minimum atomic E-state index is -0.263. The van der Waals surface area contributed by atoms with E-state index >= 15 is 0 Å². The molecule has 0 unspecified atom stereocenters. The third kappa shape index (κ3) is 6.08. The summed E-state index contributed by atoms with van der Waals surface area (Å²) >= 11 is 0. The highest BCUT2D eigenvalue weighted by Gasteiger charge is 2.31. The van der Waals surface area contributed by atoms with Crippen LogP contribution in [0.25, 0.3) is 0 Å². The van der Waals surface area contributed by atoms with E-state index in [-0.39, 0.29) is 11.6 Å². The van der Waals surface area contributed by atoms with Crippen molar-refractivity contribution in [2.45, 2.75) is 83.7 Å². The van der Waals surface area contributed by atoms with Crippen LogP contribution in [0.2, 0.25) is 0 Å². The van der Waals surface area contributed by atoms with Gasteiger partial charge in [0.05, 0.1) is 0 Å². The normalized spacial score (nSPS) is 26.5. The van der Waals surface area contributed by atoms with E-state index in [2.05, 4.69) is 6.92 Å². The highest BCUT2D eigenvalue weighted by Crippen LogP contribution is 2.44. The largest absolute Gasteiger partial charge is 0.489 e. The summed E-state index contributed by atoms with van der Waals surface area (Å²) in [4.78, 5) is 0. The molecular weight excluding hydrogens is 390 g/mol. The van der Waals surface area contributed by atoms with E-state index in [0.29, 0.717) is 18.3 Å². The first-order valence-electron chi connectivity index (χ1n) is 12.3. The topological polar surface area (TPSA) is 9.23 Å². The van der Waals surface area contributed by atoms with Crippen LogP contribution in [-0.4, -0.2) is 0 Å². The summed E-state index contributed by atoms with van der Waals surface area (Å²) in [5, 5.41) is 0. The van der Waals surface area contributed by atoms with Gasteiger partial charge in [0, 0.05) is 6.07 Å². The molecule has 0 bridgehead atoms. The van der Waals surface area contributed by atoms with E-state index in [1.807, 2.05) is 6.07 Å². The lowest BCUT2D eigenvalue weighted by molar-refractivity contribution is 0.156. The van der Waals surface area contributed by atoms with Gasteiger partial charge in [0.15, 0.2) is 0 Å². The molecule has 168 valence electrons. The van der Waals surface area contributed by atoms with Gasteiger partial charge in [0.25, 0.3) is 0 Å². The standard InChI is InChI=1S/C28H36F2O/c1-2-3-20-4-8-22(9-5-20)23-10-12-24(13-11-23)25-16-27(30)18-28(17-25)31-19-21-6-14-26(29)15-7-21/h6-7,14-18,20,22-24H,2-5,8-13,19H2,1H3. The molecule has 3 heteroatoms. The van der Waals surface area contributed by atoms with E-state index in [4.69, 9.17) is 4.74 Å². The zero-order valence-electron chi connectivity index (χ0n) is 18.8. The van der Waals surface area contributed by atoms with Gasteiger partial charge in [-0.1, -0.05) is 44.7 Å². The summed E-state index contributed by atoms with van der Waals surface area (Å²) in [6, 6.07) is 11.4. The van der Waals surface area contributed by atoms with Crippen LogP contribution in [0, 0.1) is 29.4 Å². The fourth-order valence-electron chi connectivity index (χ4n) is 5.93. The Labute approximate surface area is 186 Å². The molecule has 0 spiro atoms. The quantitative estimate of drug-likeness (QED) is 0.432. The molecule has 0 radical (unpaired) electrons. The van der Waals surface area contributed by atoms with Crippen molar-refractivity contribution in [1.29, 1.82) is 0 Å². The van der Waals surface area contributed by atoms with E-state index in [1.165, 1.54) is 69.6 Å². The van der Waals surface area contributed by atoms with Crippen LogP contribution in [0.1, 0.15) is 88.2 Å². The van der Waals surface area contributed by atoms with E-state index in [1.54, 1.807) is 18.2 Å². The fourth-order valence-corrected chi connectivity index (χ4v) is 5.93. The fraction of sp³-hybridized carbons (Fsp3) is 0.571. The van der Waals surface area contributed by atoms with Crippen molar-refractivity contribution in [3.05, 3.63) is 65.2 Å². The Balaban J connectivity index is 1.30. The van der Waals surface area contributed by atoms with Crippen LogP contribution in [0.3, 0.4) is 0 Å². The first-order valence-corrected chi connectivity index (χ1v) is 12.3. The number of hydrogen-bond donors (Lipinski definition) is 0. The predicted molar refractivity (Wildman–Crippen MR) is 122 cm³/mol. The third-order valence-corrected chi connectivity index (χ3v) is 7.71. The molecule has 2 aliphatic carbocycles. The number of halogens is 2. The van der Waals surface area contributed by atoms with E-state index in [9.17, 15) is 8.78 Å². The Kier molecular flexibility index (Phi) is 7.63. The lowest BCUT2D eigenvalue weighted by Crippen LogP contribution is -2.25. The number of rotatable bonds is 7. The summed E-state index contributed by atoms with van der Waals surface area (Å²) in [6.45, 7) is 2.62. The molecule has 0 atom stereocenters. The molecule has 31 heavy (non-hydrogen) atoms. The Morgan fingerprint density at radius 1 is 0.774 bits per heavy atom. The molecule has 0 amide bonds. The first-order chi connectivity index (χ1) is 15.1. The van der Waals surface area contributed by atoms with Crippen LogP contribution >= 0.6 is 0 Å². The van der Waals surface area contributed by atoms with Crippen LogP contribution in [0.15, 0.2) is 42.5 Å². The zero-order chi connectivity index (χ0) is 21.6. The van der Waals surface area contributed by atoms with E-state index < -0.39 is 0 Å². The predicted octanol–water partition coefficient (Wildman–Crippen LogP) is 8.42. The summed E-state index contributed by atoms with van der Waals surface area (Å²) in [6.07, 6.45) is 13.3. The van der Waals surface area contributed by atoms with Crippen LogP contribution in [0.5, 0.6) is 5.75 Å². The van der Waals surface area contributed by atoms with Gasteiger partial charge in [-0.15, -0.1) is 0 Å². The Morgan fingerprint density at radius 3 is 2.06 bits per heavy atom. The van der Waals surface area contributed by atoms with Crippen molar-refractivity contribution >= 4 is 0 Å². The molecule has 2 saturated carbocycles. The van der Waals surface area contributed by atoms with Crippen molar-refractivity contribution in [3.63, 3.8) is 0 Å². The highest BCUT2D eigenvalue weighted by molar-refractivity contribution is 5.32. The lowest BCUT2D eigenvalue weighted by Gasteiger charge is -2.38. The van der Waals surface area contributed by atoms with Crippen LogP contribution in [0.4, 0.5) is 8.78 Å². The molecule has 2 aliphatic rings. The van der Waals surface area contributed by atoms with Gasteiger partial charge < -0.3 is 4.74 Å². The molecule has 1 nitrogen and oxygen atoms in total. The van der Waals surface area contributed by atoms with Gasteiger partial charge in [0.2, 0.25) is 0 Å². The molecule has 2 aromatic rings. The zero-order valence-corrected chi connectivity index (χ0v) is 18.8. The van der Waals surface area contributed by atoms with Crippen molar-refractivity contribution in [3.8, 4) is 5.75 Å². The Morgan fingerprint density at radius 2 is 1.42 bits per heavy atom. The second-order valence-corrected chi connectivity index (χ2v) is 9.82. The smallest absolute Gasteiger partial charge is 0.127 e. The van der Waals surface area contributed by atoms with Crippen molar-refractivity contribution < 1.29 is 13.5 Å². The van der Waals surface area contributed by atoms with Crippen molar-refractivity contribution in [1.82, 2.24) is 0 Å². The summed E-state index contributed by atoms with van der Waals surface area (Å²) in [7, 11) is 0. The maximum atomic E-state index is 14.3. The van der Waals surface area contributed by atoms with Gasteiger partial charge in [-0.2, -0.15) is 0 Å². The lowest BCUT2D eigenvalue weighted by atomic mass is 9.68. The average Bonchev–Trinajstić information content (AvgIpc) is 2.79. The molecule has 2 fully saturated rings. The second-order valence-electron chi connectivity index (χ2n) is 9.82. The minimum Gasteiger partial charge on any atom is -0.489 e. The van der Waals surface area contributed by atoms with Gasteiger partial charge >= 0.3 is 0 Å². The molecule has 0 aliphatic heterocycles. The molecule has 0 N–H and O–H groups in total. The van der Waals surface area contributed by atoms with Crippen molar-refractivity contribution in [2.75, 3.05) is 0 Å². The van der Waals surface area contributed by atoms with Crippen molar-refractivity contribution in [2.24, 2.45) is 17.8 Å². The van der Waals surface area contributed by atoms with E-state index in [0.717, 1.165) is 41.7 Å². The number of benzene rings is 2. The Hall–Kier alpha value is -1.90. The maximum Gasteiger partial charge on any atom is 0.127 e. The van der Waals surface area contributed by atoms with Gasteiger partial charge in [-0.3, -0.25) is 0 Å². The van der Waals surface area contributed by atoms with Crippen LogP contribution in [-0.2, 0) is 6.61 Å². The molecule has 0 aromatic heterocycles. The number of hydrogen-bond acceptors (Lipinski definition) is 1. The molecule has 2 aromatic carbocycles. The van der Waals surface area contributed by atoms with Gasteiger partial charge in [-0.05, 0) is 97.6 Å². The highest BCUT2D eigenvalue weighted by atomic mass is 19.1. The summed E-state index contributed by atoms with van der Waals surface area (Å²) in [5.41, 5.74) is 1.94. The summed E-state index contributed by atoms with van der Waals surface area (Å²) in [5.74, 6) is 3.24. The molecule has 0 heterocycles. The number of ether oxygens (including phenoxy) is 1. The maximum absolute atomic E-state index is 14.3. The Bertz CT molecular complexity index is 815. The monoisotopic (exact) mass is 426 g/mol. The van der Waals surface area contributed by atoms with Gasteiger partial charge in [-0.25, -0.2) is 8.78 Å². The third-order valence-electron chi connectivity index (χ3n) is 7.71. The first kappa shape index (κ1) is 22.3. The average molecular weight is 427 g/mol.